The van der Waals surface area contributed by atoms with Gasteiger partial charge in [0.25, 0.3) is 0 Å². The molecule has 0 saturated carbocycles. The van der Waals surface area contributed by atoms with Gasteiger partial charge in [-0.15, -0.1) is 0 Å². The summed E-state index contributed by atoms with van der Waals surface area (Å²) in [6, 6.07) is 30.2. The number of fused-ring (bicyclic) bond motifs is 6. The van der Waals surface area contributed by atoms with Crippen molar-refractivity contribution in [1.82, 2.24) is 0 Å². The van der Waals surface area contributed by atoms with Crippen LogP contribution in [-0.2, 0) is 37.6 Å². The molecule has 0 radical (unpaired) electrons. The molecule has 0 spiro atoms. The standard InChI is InChI=1S/C31H27O2.2ClH.Zr/c32-17-15-31(16-18-33,29-13-5-11-25-23-9-3-1-7-21(23)19-27(25)29)30-14-6-12-26-24-10-4-2-8-22(24)20-28(26)30;;;/h1-14,17,32-33H,15-16,18-20H2;2*1H;/q;;;+2/p-2. The second kappa shape index (κ2) is 9.86. The second-order valence-electron chi connectivity index (χ2n) is 9.90. The molecule has 2 nitrogen and oxygen atoms in total. The monoisotopic (exact) mass is 591 g/mol. The number of aliphatic hydroxyl groups is 2. The van der Waals surface area contributed by atoms with Gasteiger partial charge in [0.05, 0.1) is 0 Å². The number of rotatable bonds is 7. The fourth-order valence-electron chi connectivity index (χ4n) is 6.55. The van der Waals surface area contributed by atoms with E-state index in [4.69, 9.17) is 17.0 Å². The topological polar surface area (TPSA) is 40.5 Å². The summed E-state index contributed by atoms with van der Waals surface area (Å²) < 4.78 is -0.749. The molecule has 4 aromatic carbocycles. The van der Waals surface area contributed by atoms with Gasteiger partial charge in [-0.2, -0.15) is 0 Å². The maximum absolute atomic E-state index is 11.2. The van der Waals surface area contributed by atoms with Gasteiger partial charge in [0.2, 0.25) is 0 Å². The minimum absolute atomic E-state index is 0.00319. The summed E-state index contributed by atoms with van der Waals surface area (Å²) >= 11 is -2.99. The first-order chi connectivity index (χ1) is 17.5. The van der Waals surface area contributed by atoms with E-state index in [-0.39, 0.29) is 6.61 Å². The Morgan fingerprint density at radius 2 is 1.17 bits per heavy atom. The maximum atomic E-state index is 11.2. The molecule has 4 aromatic rings. The van der Waals surface area contributed by atoms with E-state index < -0.39 is 28.6 Å². The van der Waals surface area contributed by atoms with Crippen LogP contribution in [0.3, 0.4) is 0 Å². The summed E-state index contributed by atoms with van der Waals surface area (Å²) in [7, 11) is 12.9. The van der Waals surface area contributed by atoms with Gasteiger partial charge in [-0.05, 0) is 0 Å². The molecule has 0 aromatic heterocycles. The predicted molar refractivity (Wildman–Crippen MR) is 144 cm³/mol. The molecule has 0 saturated heterocycles. The zero-order valence-electron chi connectivity index (χ0n) is 19.8. The van der Waals surface area contributed by atoms with Crippen LogP contribution in [-0.4, -0.2) is 20.6 Å². The SMILES string of the molecule is OCCC(C[CH](O)[Zr]([Cl])[Cl])(c1cccc2c1Cc1ccccc1-2)c1cccc2c1Cc1ccccc1-2. The summed E-state index contributed by atoms with van der Waals surface area (Å²) in [6.07, 6.45) is 2.59. The van der Waals surface area contributed by atoms with E-state index in [1.807, 2.05) is 0 Å². The van der Waals surface area contributed by atoms with Crippen molar-refractivity contribution in [2.45, 2.75) is 34.9 Å². The van der Waals surface area contributed by atoms with Crippen LogP contribution in [0.5, 0.6) is 0 Å². The summed E-state index contributed by atoms with van der Waals surface area (Å²) in [4.78, 5) is 0. The number of halogens is 2. The van der Waals surface area contributed by atoms with Gasteiger partial charge in [-0.1, -0.05) is 0 Å². The number of benzene rings is 4. The van der Waals surface area contributed by atoms with Crippen molar-refractivity contribution >= 4 is 17.0 Å². The van der Waals surface area contributed by atoms with Crippen molar-refractivity contribution in [3.8, 4) is 22.3 Å². The quantitative estimate of drug-likeness (QED) is 0.207. The Morgan fingerprint density at radius 1 is 0.694 bits per heavy atom. The third kappa shape index (κ3) is 3.96. The molecule has 5 heteroatoms. The van der Waals surface area contributed by atoms with E-state index in [0.29, 0.717) is 12.8 Å². The van der Waals surface area contributed by atoms with Crippen molar-refractivity contribution < 1.29 is 29.6 Å². The van der Waals surface area contributed by atoms with Crippen molar-refractivity contribution in [3.63, 3.8) is 0 Å². The van der Waals surface area contributed by atoms with Gasteiger partial charge in [-0.25, -0.2) is 0 Å². The predicted octanol–water partition coefficient (Wildman–Crippen LogP) is 7.13. The molecule has 0 amide bonds. The molecule has 36 heavy (non-hydrogen) atoms. The van der Waals surface area contributed by atoms with E-state index >= 15 is 0 Å². The third-order valence-corrected chi connectivity index (χ3v) is 12.8. The average molecular weight is 594 g/mol. The van der Waals surface area contributed by atoms with E-state index in [9.17, 15) is 10.2 Å². The number of aliphatic hydroxyl groups excluding tert-OH is 2. The van der Waals surface area contributed by atoms with Crippen molar-refractivity contribution in [1.29, 1.82) is 0 Å². The minimum atomic E-state index is -2.99. The molecular formula is C31H27Cl2O2Zr. The van der Waals surface area contributed by atoms with E-state index in [2.05, 4.69) is 84.9 Å². The van der Waals surface area contributed by atoms with Crippen LogP contribution in [0.4, 0.5) is 0 Å². The molecular weight excluding hydrogens is 566 g/mol. The molecule has 2 N–H and O–H groups in total. The zero-order chi connectivity index (χ0) is 24.9. The third-order valence-electron chi connectivity index (χ3n) is 8.06. The van der Waals surface area contributed by atoms with Crippen molar-refractivity contribution in [3.05, 3.63) is 118 Å². The Labute approximate surface area is 227 Å². The molecule has 0 heterocycles. The first-order valence-corrected chi connectivity index (χ1v) is 20.2. The molecule has 0 aliphatic heterocycles. The van der Waals surface area contributed by atoms with Gasteiger partial charge in [0.1, 0.15) is 0 Å². The van der Waals surface area contributed by atoms with Crippen LogP contribution in [0.1, 0.15) is 46.2 Å². The Bertz CT molecular complexity index is 1350. The van der Waals surface area contributed by atoms with Gasteiger partial charge >= 0.3 is 229 Å². The Kier molecular flexibility index (Phi) is 6.73. The van der Waals surface area contributed by atoms with Crippen LogP contribution in [0.2, 0.25) is 0 Å². The van der Waals surface area contributed by atoms with E-state index in [0.717, 1.165) is 12.8 Å². The Morgan fingerprint density at radius 3 is 1.64 bits per heavy atom. The average Bonchev–Trinajstić information content (AvgIpc) is 3.46. The fourth-order valence-corrected chi connectivity index (χ4v) is 8.69. The first-order valence-electron chi connectivity index (χ1n) is 12.4. The molecule has 1 unspecified atom stereocenters. The number of hydrogen-bond acceptors (Lipinski definition) is 2. The van der Waals surface area contributed by atoms with Crippen LogP contribution in [0.25, 0.3) is 22.3 Å². The van der Waals surface area contributed by atoms with Gasteiger partial charge in [-0.3, -0.25) is 0 Å². The second-order valence-corrected chi connectivity index (χ2v) is 18.9. The summed E-state index contributed by atoms with van der Waals surface area (Å²) in [5, 5.41) is 21.7. The van der Waals surface area contributed by atoms with Gasteiger partial charge < -0.3 is 0 Å². The van der Waals surface area contributed by atoms with E-state index in [1.165, 1.54) is 55.6 Å². The summed E-state index contributed by atoms with van der Waals surface area (Å²) in [5.41, 5.74) is 11.9. The molecule has 6 rings (SSSR count). The van der Waals surface area contributed by atoms with Crippen LogP contribution >= 0.6 is 17.0 Å². The van der Waals surface area contributed by atoms with Crippen LogP contribution in [0, 0.1) is 0 Å². The molecule has 0 bridgehead atoms. The first kappa shape index (κ1) is 24.6. The molecule has 181 valence electrons. The van der Waals surface area contributed by atoms with Crippen molar-refractivity contribution in [2.75, 3.05) is 6.61 Å². The molecule has 2 aliphatic carbocycles. The van der Waals surface area contributed by atoms with Crippen molar-refractivity contribution in [2.24, 2.45) is 0 Å². The summed E-state index contributed by atoms with van der Waals surface area (Å²) in [5.74, 6) is 0. The molecule has 0 fully saturated rings. The molecule has 2 aliphatic rings. The van der Waals surface area contributed by atoms with Crippen LogP contribution in [0.15, 0.2) is 84.9 Å². The Hall–Kier alpha value is -1.74. The normalized spacial score (nSPS) is 14.1. The van der Waals surface area contributed by atoms with Crippen LogP contribution < -0.4 is 0 Å². The number of hydrogen-bond donors (Lipinski definition) is 2. The van der Waals surface area contributed by atoms with E-state index in [1.54, 1.807) is 0 Å². The summed E-state index contributed by atoms with van der Waals surface area (Å²) in [6.45, 7) is 0.00319. The van der Waals surface area contributed by atoms with Gasteiger partial charge in [0.15, 0.2) is 0 Å². The molecule has 1 atom stereocenters. The van der Waals surface area contributed by atoms with Gasteiger partial charge in [0, 0.05) is 0 Å². The zero-order valence-corrected chi connectivity index (χ0v) is 23.8. The Balaban J connectivity index is 1.61. The fraction of sp³-hybridized carbons (Fsp3) is 0.226.